The molecule has 3 rings (SSSR count). The lowest BCUT2D eigenvalue weighted by molar-refractivity contribution is -0.134. The van der Waals surface area contributed by atoms with E-state index in [9.17, 15) is 9.59 Å². The highest BCUT2D eigenvalue weighted by molar-refractivity contribution is 5.89. The van der Waals surface area contributed by atoms with Crippen LogP contribution in [0.4, 0.5) is 0 Å². The van der Waals surface area contributed by atoms with Crippen LogP contribution >= 0.6 is 0 Å². The first-order valence-electron chi connectivity index (χ1n) is 9.29. The largest absolute Gasteiger partial charge is 0.356 e. The minimum absolute atomic E-state index is 0.0586. The Kier molecular flexibility index (Phi) is 5.89. The molecule has 26 heavy (non-hydrogen) atoms. The quantitative estimate of drug-likeness (QED) is 0.838. The van der Waals surface area contributed by atoms with Crippen LogP contribution in [-0.4, -0.2) is 42.4 Å². The van der Waals surface area contributed by atoms with E-state index >= 15 is 0 Å². The van der Waals surface area contributed by atoms with Crippen molar-refractivity contribution in [3.05, 3.63) is 48.0 Å². The van der Waals surface area contributed by atoms with E-state index in [0.29, 0.717) is 25.6 Å². The van der Waals surface area contributed by atoms with Gasteiger partial charge in [0.2, 0.25) is 11.8 Å². The van der Waals surface area contributed by atoms with E-state index in [0.717, 1.165) is 12.1 Å². The second-order valence-electron chi connectivity index (χ2n) is 7.36. The molecule has 1 saturated heterocycles. The first-order chi connectivity index (χ1) is 12.5. The molecule has 1 unspecified atom stereocenters. The third-order valence-electron chi connectivity index (χ3n) is 4.73. The summed E-state index contributed by atoms with van der Waals surface area (Å²) in [6.45, 7) is 6.79. The van der Waals surface area contributed by atoms with Crippen LogP contribution in [0.1, 0.15) is 25.8 Å². The zero-order chi connectivity index (χ0) is 18.5. The van der Waals surface area contributed by atoms with E-state index in [2.05, 4.69) is 59.7 Å². The van der Waals surface area contributed by atoms with Gasteiger partial charge in [0.1, 0.15) is 0 Å². The van der Waals surface area contributed by atoms with Crippen LogP contribution in [0.2, 0.25) is 0 Å². The number of hydrogen-bond acceptors (Lipinski definition) is 3. The minimum atomic E-state index is -0.414. The third kappa shape index (κ3) is 4.61. The fourth-order valence-corrected chi connectivity index (χ4v) is 3.31. The first-order valence-corrected chi connectivity index (χ1v) is 9.29. The molecule has 2 aromatic rings. The molecule has 1 atom stereocenters. The van der Waals surface area contributed by atoms with Crippen LogP contribution in [0.3, 0.4) is 0 Å². The minimum Gasteiger partial charge on any atom is -0.356 e. The van der Waals surface area contributed by atoms with Gasteiger partial charge in [0.05, 0.1) is 12.5 Å². The molecule has 2 N–H and O–H groups in total. The van der Waals surface area contributed by atoms with Crippen molar-refractivity contribution in [2.24, 2.45) is 5.92 Å². The van der Waals surface area contributed by atoms with Gasteiger partial charge in [-0.15, -0.1) is 0 Å². The molecule has 5 nitrogen and oxygen atoms in total. The Bertz CT molecular complexity index is 788. The smallest absolute Gasteiger partial charge is 0.237 e. The van der Waals surface area contributed by atoms with E-state index in [1.165, 1.54) is 10.8 Å². The summed E-state index contributed by atoms with van der Waals surface area (Å²) in [6, 6.07) is 14.2. The van der Waals surface area contributed by atoms with Crippen molar-refractivity contribution in [1.82, 2.24) is 15.5 Å². The summed E-state index contributed by atoms with van der Waals surface area (Å²) in [6.07, 6.45) is 0.201. The summed E-state index contributed by atoms with van der Waals surface area (Å²) >= 11 is 0. The molecule has 0 aliphatic carbocycles. The molecule has 2 amide bonds. The van der Waals surface area contributed by atoms with Crippen molar-refractivity contribution in [2.45, 2.75) is 32.9 Å². The highest BCUT2D eigenvalue weighted by atomic mass is 16.2. The summed E-state index contributed by atoms with van der Waals surface area (Å²) in [5.74, 6) is 0.272. The Labute approximate surface area is 154 Å². The second-order valence-corrected chi connectivity index (χ2v) is 7.36. The van der Waals surface area contributed by atoms with Gasteiger partial charge in [0, 0.05) is 26.2 Å². The maximum atomic E-state index is 12.3. The molecule has 1 heterocycles. The van der Waals surface area contributed by atoms with Gasteiger partial charge in [-0.3, -0.25) is 14.5 Å². The van der Waals surface area contributed by atoms with Gasteiger partial charge >= 0.3 is 0 Å². The average Bonchev–Trinajstić information content (AvgIpc) is 2.63. The molecular formula is C21H27N3O2. The summed E-state index contributed by atoms with van der Waals surface area (Å²) in [4.78, 5) is 26.7. The van der Waals surface area contributed by atoms with Crippen LogP contribution in [0.25, 0.3) is 10.8 Å². The van der Waals surface area contributed by atoms with Crippen molar-refractivity contribution in [3.63, 3.8) is 0 Å². The summed E-state index contributed by atoms with van der Waals surface area (Å²) < 4.78 is 0. The fourth-order valence-electron chi connectivity index (χ4n) is 3.31. The van der Waals surface area contributed by atoms with Gasteiger partial charge in [0.25, 0.3) is 0 Å². The Balaban J connectivity index is 1.70. The molecule has 5 heteroatoms. The molecule has 0 aromatic heterocycles. The van der Waals surface area contributed by atoms with E-state index < -0.39 is 6.04 Å². The van der Waals surface area contributed by atoms with Crippen molar-refractivity contribution in [1.29, 1.82) is 0 Å². The normalized spacial score (nSPS) is 18.1. The maximum absolute atomic E-state index is 12.3. The van der Waals surface area contributed by atoms with E-state index in [1.807, 2.05) is 12.1 Å². The van der Waals surface area contributed by atoms with Crippen molar-refractivity contribution in [2.75, 3.05) is 19.6 Å². The number of benzene rings is 2. The molecule has 0 bridgehead atoms. The lowest BCUT2D eigenvalue weighted by Crippen LogP contribution is -2.56. The topological polar surface area (TPSA) is 61.4 Å². The average molecular weight is 353 g/mol. The number of nitrogens with zero attached hydrogens (tertiary/aromatic N) is 1. The van der Waals surface area contributed by atoms with Gasteiger partial charge in [-0.2, -0.15) is 0 Å². The van der Waals surface area contributed by atoms with E-state index in [1.54, 1.807) is 0 Å². The van der Waals surface area contributed by atoms with Crippen LogP contribution in [0.5, 0.6) is 0 Å². The van der Waals surface area contributed by atoms with Gasteiger partial charge in [-0.05, 0) is 28.3 Å². The fraction of sp³-hybridized carbons (Fsp3) is 0.429. The molecule has 1 fully saturated rings. The lowest BCUT2D eigenvalue weighted by Gasteiger charge is -2.34. The second kappa shape index (κ2) is 8.32. The predicted molar refractivity (Wildman–Crippen MR) is 104 cm³/mol. The number of nitrogens with one attached hydrogen (secondary N) is 2. The van der Waals surface area contributed by atoms with Crippen LogP contribution < -0.4 is 10.6 Å². The molecule has 0 radical (unpaired) electrons. The first kappa shape index (κ1) is 18.4. The Morgan fingerprint density at radius 3 is 2.77 bits per heavy atom. The molecule has 0 spiro atoms. The predicted octanol–water partition coefficient (Wildman–Crippen LogP) is 2.30. The Morgan fingerprint density at radius 1 is 1.23 bits per heavy atom. The number of piperazine rings is 1. The maximum Gasteiger partial charge on any atom is 0.237 e. The molecule has 138 valence electrons. The van der Waals surface area contributed by atoms with Crippen molar-refractivity contribution in [3.8, 4) is 0 Å². The van der Waals surface area contributed by atoms with Crippen LogP contribution in [0, 0.1) is 5.92 Å². The van der Waals surface area contributed by atoms with E-state index in [4.69, 9.17) is 0 Å². The zero-order valence-corrected chi connectivity index (χ0v) is 15.5. The van der Waals surface area contributed by atoms with Crippen LogP contribution in [-0.2, 0) is 16.1 Å². The zero-order valence-electron chi connectivity index (χ0n) is 15.5. The number of rotatable bonds is 6. The number of carbonyl (C=O) groups is 2. The highest BCUT2D eigenvalue weighted by Gasteiger charge is 2.31. The molecule has 1 aliphatic heterocycles. The summed E-state index contributed by atoms with van der Waals surface area (Å²) in [5, 5.41) is 8.20. The Morgan fingerprint density at radius 2 is 2.00 bits per heavy atom. The lowest BCUT2D eigenvalue weighted by atomic mass is 10.0. The SMILES string of the molecule is CC(C)CNC(=O)CC1C(=O)NCCN1Cc1ccc2ccccc2c1. The highest BCUT2D eigenvalue weighted by Crippen LogP contribution is 2.19. The van der Waals surface area contributed by atoms with Gasteiger partial charge < -0.3 is 10.6 Å². The van der Waals surface area contributed by atoms with Crippen molar-refractivity contribution < 1.29 is 9.59 Å². The number of fused-ring (bicyclic) bond motifs is 1. The van der Waals surface area contributed by atoms with Crippen LogP contribution in [0.15, 0.2) is 42.5 Å². The molecule has 0 saturated carbocycles. The molecular weight excluding hydrogens is 326 g/mol. The van der Waals surface area contributed by atoms with Gasteiger partial charge in [-0.1, -0.05) is 50.2 Å². The summed E-state index contributed by atoms with van der Waals surface area (Å²) in [5.41, 5.74) is 1.16. The van der Waals surface area contributed by atoms with Crippen molar-refractivity contribution >= 4 is 22.6 Å². The Hall–Kier alpha value is -2.40. The van der Waals surface area contributed by atoms with Gasteiger partial charge in [0.15, 0.2) is 0 Å². The monoisotopic (exact) mass is 353 g/mol. The summed E-state index contributed by atoms with van der Waals surface area (Å²) in [7, 11) is 0. The van der Waals surface area contributed by atoms with E-state index in [-0.39, 0.29) is 18.2 Å². The molecule has 2 aromatic carbocycles. The standard InChI is InChI=1S/C21H27N3O2/c1-15(2)13-23-20(25)12-19-21(26)22-9-10-24(19)14-16-7-8-17-5-3-4-6-18(17)11-16/h3-8,11,15,19H,9-10,12-14H2,1-2H3,(H,22,26)(H,23,25). The number of amides is 2. The number of hydrogen-bond donors (Lipinski definition) is 2. The third-order valence-corrected chi connectivity index (χ3v) is 4.73. The number of carbonyl (C=O) groups excluding carboxylic acids is 2. The van der Waals surface area contributed by atoms with Gasteiger partial charge in [-0.25, -0.2) is 0 Å². The molecule has 1 aliphatic rings.